The molecule has 0 bridgehead atoms. The Kier molecular flexibility index (Phi) is 6.45. The van der Waals surface area contributed by atoms with E-state index >= 15 is 0 Å². The van der Waals surface area contributed by atoms with Crippen molar-refractivity contribution in [2.75, 3.05) is 6.79 Å². The molecule has 1 heterocycles. The van der Waals surface area contributed by atoms with Crippen molar-refractivity contribution in [1.82, 2.24) is 10.7 Å². The number of hydrazone groups is 1. The fourth-order valence-corrected chi connectivity index (χ4v) is 3.06. The number of carbonyl (C=O) groups is 2. The Morgan fingerprint density at radius 3 is 2.42 bits per heavy atom. The van der Waals surface area contributed by atoms with E-state index in [-0.39, 0.29) is 18.3 Å². The molecule has 4 rings (SSSR count). The van der Waals surface area contributed by atoms with Crippen LogP contribution in [0.15, 0.2) is 83.6 Å². The first kappa shape index (κ1) is 21.8. The van der Waals surface area contributed by atoms with Crippen LogP contribution in [0, 0.1) is 5.82 Å². The number of nitrogens with zero attached hydrogens (tertiary/aromatic N) is 1. The van der Waals surface area contributed by atoms with Gasteiger partial charge in [0.1, 0.15) is 11.5 Å². The molecule has 7 nitrogen and oxygen atoms in total. The first-order valence-corrected chi connectivity index (χ1v) is 10.1. The summed E-state index contributed by atoms with van der Waals surface area (Å²) >= 11 is 0. The van der Waals surface area contributed by atoms with Crippen LogP contribution < -0.4 is 20.2 Å². The Hall–Kier alpha value is -4.46. The van der Waals surface area contributed by atoms with Gasteiger partial charge in [-0.05, 0) is 60.5 Å². The van der Waals surface area contributed by atoms with Crippen molar-refractivity contribution in [3.05, 3.63) is 101 Å². The van der Waals surface area contributed by atoms with Gasteiger partial charge in [0.15, 0.2) is 11.5 Å². The van der Waals surface area contributed by atoms with Gasteiger partial charge in [-0.3, -0.25) is 9.59 Å². The molecule has 166 valence electrons. The highest BCUT2D eigenvalue weighted by molar-refractivity contribution is 6.06. The third-order valence-corrected chi connectivity index (χ3v) is 4.82. The summed E-state index contributed by atoms with van der Waals surface area (Å²) in [5.74, 6) is -0.294. The van der Waals surface area contributed by atoms with Crippen molar-refractivity contribution in [1.29, 1.82) is 0 Å². The van der Waals surface area contributed by atoms with E-state index in [0.29, 0.717) is 33.9 Å². The van der Waals surface area contributed by atoms with E-state index in [2.05, 4.69) is 15.8 Å². The predicted octanol–water partition coefficient (Wildman–Crippen LogP) is 3.87. The third-order valence-electron chi connectivity index (χ3n) is 4.82. The van der Waals surface area contributed by atoms with Crippen LogP contribution in [-0.2, 0) is 4.79 Å². The van der Waals surface area contributed by atoms with Gasteiger partial charge < -0.3 is 14.8 Å². The van der Waals surface area contributed by atoms with Crippen LogP contribution in [0.3, 0.4) is 0 Å². The highest BCUT2D eigenvalue weighted by Gasteiger charge is 2.17. The fraction of sp³-hybridized carbons (Fsp3) is 0.0800. The SMILES string of the molecule is C/C(=N/NC(=O)/C(=C\c1ccc2c(c1)OCO2)NC(=O)c1ccccc1)c1ccc(F)cc1. The fourth-order valence-electron chi connectivity index (χ4n) is 3.06. The molecular weight excluding hydrogens is 425 g/mol. The molecule has 0 saturated carbocycles. The minimum atomic E-state index is -0.626. The average Bonchev–Trinajstić information content (AvgIpc) is 3.31. The van der Waals surface area contributed by atoms with E-state index in [0.717, 1.165) is 0 Å². The lowest BCUT2D eigenvalue weighted by Crippen LogP contribution is -2.33. The maximum absolute atomic E-state index is 13.1. The quantitative estimate of drug-likeness (QED) is 0.343. The largest absolute Gasteiger partial charge is 0.454 e. The molecule has 1 aliphatic heterocycles. The highest BCUT2D eigenvalue weighted by atomic mass is 19.1. The first-order chi connectivity index (χ1) is 16.0. The summed E-state index contributed by atoms with van der Waals surface area (Å²) in [4.78, 5) is 25.6. The van der Waals surface area contributed by atoms with Crippen LogP contribution in [0.4, 0.5) is 4.39 Å². The second-order valence-electron chi connectivity index (χ2n) is 7.14. The smallest absolute Gasteiger partial charge is 0.287 e. The van der Waals surface area contributed by atoms with E-state index in [1.54, 1.807) is 67.6 Å². The zero-order valence-electron chi connectivity index (χ0n) is 17.7. The van der Waals surface area contributed by atoms with Gasteiger partial charge in [0.2, 0.25) is 6.79 Å². The van der Waals surface area contributed by atoms with Crippen LogP contribution in [0.25, 0.3) is 6.08 Å². The Bertz CT molecular complexity index is 1240. The lowest BCUT2D eigenvalue weighted by atomic mass is 10.1. The number of fused-ring (bicyclic) bond motifs is 1. The number of nitrogens with one attached hydrogen (secondary N) is 2. The number of carbonyl (C=O) groups excluding carboxylic acids is 2. The maximum Gasteiger partial charge on any atom is 0.287 e. The average molecular weight is 445 g/mol. The van der Waals surface area contributed by atoms with Crippen LogP contribution in [-0.4, -0.2) is 24.3 Å². The molecule has 33 heavy (non-hydrogen) atoms. The molecule has 2 N–H and O–H groups in total. The van der Waals surface area contributed by atoms with Crippen molar-refractivity contribution in [2.45, 2.75) is 6.92 Å². The summed E-state index contributed by atoms with van der Waals surface area (Å²) in [6.45, 7) is 1.80. The van der Waals surface area contributed by atoms with Gasteiger partial charge >= 0.3 is 0 Å². The van der Waals surface area contributed by atoms with Crippen LogP contribution >= 0.6 is 0 Å². The minimum Gasteiger partial charge on any atom is -0.454 e. The van der Waals surface area contributed by atoms with Crippen LogP contribution in [0.5, 0.6) is 11.5 Å². The Labute approximate surface area is 189 Å². The summed E-state index contributed by atoms with van der Waals surface area (Å²) in [7, 11) is 0. The first-order valence-electron chi connectivity index (χ1n) is 10.1. The second-order valence-corrected chi connectivity index (χ2v) is 7.14. The van der Waals surface area contributed by atoms with E-state index in [1.807, 2.05) is 0 Å². The summed E-state index contributed by atoms with van der Waals surface area (Å²) in [5.41, 5.74) is 4.56. The van der Waals surface area contributed by atoms with Crippen molar-refractivity contribution in [3.63, 3.8) is 0 Å². The molecule has 0 unspecified atom stereocenters. The second kappa shape index (κ2) is 9.78. The van der Waals surface area contributed by atoms with Gasteiger partial charge in [0.25, 0.3) is 11.8 Å². The zero-order chi connectivity index (χ0) is 23.2. The summed E-state index contributed by atoms with van der Waals surface area (Å²) in [6.07, 6.45) is 1.51. The molecule has 3 aromatic carbocycles. The van der Waals surface area contributed by atoms with Gasteiger partial charge in [-0.25, -0.2) is 9.82 Å². The zero-order valence-corrected chi connectivity index (χ0v) is 17.7. The minimum absolute atomic E-state index is 0.0154. The Balaban J connectivity index is 1.58. The van der Waals surface area contributed by atoms with Gasteiger partial charge in [-0.15, -0.1) is 0 Å². The van der Waals surface area contributed by atoms with Crippen molar-refractivity contribution in [3.8, 4) is 11.5 Å². The molecule has 0 aliphatic carbocycles. The monoisotopic (exact) mass is 445 g/mol. The van der Waals surface area contributed by atoms with Gasteiger partial charge in [0.05, 0.1) is 5.71 Å². The van der Waals surface area contributed by atoms with Crippen molar-refractivity contribution >= 4 is 23.6 Å². The topological polar surface area (TPSA) is 89.0 Å². The molecular formula is C25H20FN3O4. The maximum atomic E-state index is 13.1. The van der Waals surface area contributed by atoms with Crippen molar-refractivity contribution < 1.29 is 23.5 Å². The summed E-state index contributed by atoms with van der Waals surface area (Å²) in [6, 6.07) is 19.4. The molecule has 0 radical (unpaired) electrons. The molecule has 8 heteroatoms. The van der Waals surface area contributed by atoms with Crippen molar-refractivity contribution in [2.24, 2.45) is 5.10 Å². The summed E-state index contributed by atoms with van der Waals surface area (Å²) < 4.78 is 23.8. The van der Waals surface area contributed by atoms with Gasteiger partial charge in [-0.2, -0.15) is 5.10 Å². The lowest BCUT2D eigenvalue weighted by molar-refractivity contribution is -0.117. The molecule has 0 spiro atoms. The standard InChI is InChI=1S/C25H20FN3O4/c1-16(18-8-10-20(26)11-9-18)28-29-25(31)21(27-24(30)19-5-3-2-4-6-19)13-17-7-12-22-23(14-17)33-15-32-22/h2-14H,15H2,1H3,(H,27,30)(H,29,31)/b21-13+,28-16-. The molecule has 0 saturated heterocycles. The number of hydrogen-bond donors (Lipinski definition) is 2. The number of halogens is 1. The number of rotatable bonds is 6. The van der Waals surface area contributed by atoms with E-state index in [4.69, 9.17) is 9.47 Å². The normalized spacial score (nSPS) is 12.9. The van der Waals surface area contributed by atoms with E-state index in [1.165, 1.54) is 18.2 Å². The molecule has 2 amide bonds. The van der Waals surface area contributed by atoms with Crippen LogP contribution in [0.1, 0.15) is 28.4 Å². The Morgan fingerprint density at radius 1 is 0.939 bits per heavy atom. The third kappa shape index (κ3) is 5.43. The van der Waals surface area contributed by atoms with E-state index < -0.39 is 11.8 Å². The number of benzene rings is 3. The Morgan fingerprint density at radius 2 is 1.67 bits per heavy atom. The molecule has 0 atom stereocenters. The van der Waals surface area contributed by atoms with Crippen LogP contribution in [0.2, 0.25) is 0 Å². The molecule has 0 fully saturated rings. The summed E-state index contributed by atoms with van der Waals surface area (Å²) in [5, 5.41) is 6.72. The number of hydrogen-bond acceptors (Lipinski definition) is 5. The highest BCUT2D eigenvalue weighted by Crippen LogP contribution is 2.33. The molecule has 3 aromatic rings. The predicted molar refractivity (Wildman–Crippen MR) is 121 cm³/mol. The van der Waals surface area contributed by atoms with Gasteiger partial charge in [-0.1, -0.05) is 36.4 Å². The van der Waals surface area contributed by atoms with Gasteiger partial charge in [0, 0.05) is 5.56 Å². The van der Waals surface area contributed by atoms with E-state index in [9.17, 15) is 14.0 Å². The number of ether oxygens (including phenoxy) is 2. The number of amides is 2. The molecule has 1 aliphatic rings. The lowest BCUT2D eigenvalue weighted by Gasteiger charge is -2.10. The molecule has 0 aromatic heterocycles.